The van der Waals surface area contributed by atoms with Crippen LogP contribution in [-0.4, -0.2) is 11.7 Å². The summed E-state index contributed by atoms with van der Waals surface area (Å²) in [7, 11) is 0. The lowest BCUT2D eigenvalue weighted by molar-refractivity contribution is 0.341. The van der Waals surface area contributed by atoms with Crippen molar-refractivity contribution in [2.75, 3.05) is 6.61 Å². The molecule has 4 rings (SSSR count). The molecule has 0 radical (unpaired) electrons. The summed E-state index contributed by atoms with van der Waals surface area (Å²) in [6.45, 7) is 2.70. The van der Waals surface area contributed by atoms with Gasteiger partial charge in [-0.3, -0.25) is 0 Å². The van der Waals surface area contributed by atoms with Crippen LogP contribution in [0, 0.1) is 0 Å². The predicted molar refractivity (Wildman–Crippen MR) is 116 cm³/mol. The number of benzene rings is 4. The molecule has 0 amide bonds. The fourth-order valence-electron chi connectivity index (χ4n) is 2.66. The molecule has 0 heterocycles. The summed E-state index contributed by atoms with van der Waals surface area (Å²) in [6, 6.07) is 23.7. The van der Waals surface area contributed by atoms with Crippen molar-refractivity contribution in [2.45, 2.75) is 6.92 Å². The third-order valence-electron chi connectivity index (χ3n) is 3.87. The predicted octanol–water partition coefficient (Wildman–Crippen LogP) is 7.31. The molecule has 2 nitrogen and oxygen atoms in total. The van der Waals surface area contributed by atoms with Gasteiger partial charge in [0.15, 0.2) is 0 Å². The summed E-state index contributed by atoms with van der Waals surface area (Å²) >= 11 is 6.83. The van der Waals surface area contributed by atoms with Crippen LogP contribution < -0.4 is 4.74 Å². The SMILES string of the molecule is CCOc1ccc2ccc(Br)cc2c1.Oc1ccc2ccc(Br)cc2c1. The third kappa shape index (κ3) is 4.77. The smallest absolute Gasteiger partial charge is 0.119 e. The number of phenolic OH excluding ortho intramolecular Hbond substituents is 1. The number of hydrogen-bond donors (Lipinski definition) is 1. The Morgan fingerprint density at radius 2 is 1.23 bits per heavy atom. The van der Waals surface area contributed by atoms with E-state index in [9.17, 15) is 5.11 Å². The molecule has 4 heteroatoms. The molecule has 0 aromatic heterocycles. The van der Waals surface area contributed by atoms with Gasteiger partial charge in [-0.15, -0.1) is 0 Å². The van der Waals surface area contributed by atoms with Crippen LogP contribution in [0.4, 0.5) is 0 Å². The Morgan fingerprint density at radius 3 is 1.85 bits per heavy atom. The van der Waals surface area contributed by atoms with Crippen molar-refractivity contribution in [1.82, 2.24) is 0 Å². The molecule has 0 aliphatic carbocycles. The molecule has 4 aromatic carbocycles. The highest BCUT2D eigenvalue weighted by molar-refractivity contribution is 9.10. The van der Waals surface area contributed by atoms with Crippen molar-refractivity contribution in [2.24, 2.45) is 0 Å². The Hall–Kier alpha value is -2.04. The maximum Gasteiger partial charge on any atom is 0.119 e. The van der Waals surface area contributed by atoms with E-state index >= 15 is 0 Å². The fraction of sp³-hybridized carbons (Fsp3) is 0.0909. The number of phenols is 1. The Bertz CT molecular complexity index is 1010. The monoisotopic (exact) mass is 472 g/mol. The molecule has 4 aromatic rings. The lowest BCUT2D eigenvalue weighted by Crippen LogP contribution is -1.90. The second-order valence-corrected chi connectivity index (χ2v) is 7.59. The Labute approximate surface area is 169 Å². The van der Waals surface area contributed by atoms with Crippen LogP contribution in [0.5, 0.6) is 11.5 Å². The van der Waals surface area contributed by atoms with Crippen molar-refractivity contribution in [3.05, 3.63) is 81.7 Å². The number of halogens is 2. The molecule has 0 saturated carbocycles. The number of ether oxygens (including phenoxy) is 1. The Balaban J connectivity index is 0.000000152. The van der Waals surface area contributed by atoms with E-state index in [-0.39, 0.29) is 0 Å². The number of aromatic hydroxyl groups is 1. The van der Waals surface area contributed by atoms with E-state index in [0.717, 1.165) is 25.5 Å². The minimum atomic E-state index is 0.306. The van der Waals surface area contributed by atoms with Crippen LogP contribution in [0.25, 0.3) is 21.5 Å². The molecule has 132 valence electrons. The van der Waals surface area contributed by atoms with Gasteiger partial charge in [-0.1, -0.05) is 56.1 Å². The maximum absolute atomic E-state index is 9.21. The van der Waals surface area contributed by atoms with Crippen LogP contribution in [0.3, 0.4) is 0 Å². The second-order valence-electron chi connectivity index (χ2n) is 5.76. The Kier molecular flexibility index (Phi) is 6.17. The van der Waals surface area contributed by atoms with E-state index in [2.05, 4.69) is 56.1 Å². The summed E-state index contributed by atoms with van der Waals surface area (Å²) in [6.07, 6.45) is 0. The summed E-state index contributed by atoms with van der Waals surface area (Å²) in [5.74, 6) is 1.23. The summed E-state index contributed by atoms with van der Waals surface area (Å²) < 4.78 is 7.56. The van der Waals surface area contributed by atoms with E-state index in [1.54, 1.807) is 12.1 Å². The van der Waals surface area contributed by atoms with Crippen LogP contribution in [0.2, 0.25) is 0 Å². The molecule has 0 aliphatic rings. The summed E-state index contributed by atoms with van der Waals surface area (Å²) in [4.78, 5) is 0. The van der Waals surface area contributed by atoms with Crippen LogP contribution >= 0.6 is 31.9 Å². The van der Waals surface area contributed by atoms with Gasteiger partial charge in [-0.25, -0.2) is 0 Å². The van der Waals surface area contributed by atoms with Crippen LogP contribution in [0.1, 0.15) is 6.92 Å². The first-order valence-corrected chi connectivity index (χ1v) is 9.84. The van der Waals surface area contributed by atoms with Crippen molar-refractivity contribution < 1.29 is 9.84 Å². The standard InChI is InChI=1S/C12H11BrO.C10H7BrO/c1-2-14-12-6-4-9-3-5-11(13)7-10(9)8-12;11-9-3-1-7-2-4-10(12)6-8(7)5-9/h3-8H,2H2,1H3;1-6,12H. The molecule has 0 unspecified atom stereocenters. The second kappa shape index (κ2) is 8.56. The molecule has 0 atom stereocenters. The van der Waals surface area contributed by atoms with Crippen molar-refractivity contribution >= 4 is 53.4 Å². The molecular weight excluding hydrogens is 456 g/mol. The van der Waals surface area contributed by atoms with Gasteiger partial charge < -0.3 is 9.84 Å². The molecule has 1 N–H and O–H groups in total. The van der Waals surface area contributed by atoms with Crippen LogP contribution in [-0.2, 0) is 0 Å². The van der Waals surface area contributed by atoms with Gasteiger partial charge in [-0.2, -0.15) is 0 Å². The first kappa shape index (κ1) is 18.7. The highest BCUT2D eigenvalue weighted by atomic mass is 79.9. The Morgan fingerprint density at radius 1 is 0.692 bits per heavy atom. The van der Waals surface area contributed by atoms with Gasteiger partial charge in [-0.05, 0) is 77.0 Å². The fourth-order valence-corrected chi connectivity index (χ4v) is 3.41. The van der Waals surface area contributed by atoms with Crippen molar-refractivity contribution in [3.8, 4) is 11.5 Å². The van der Waals surface area contributed by atoms with Gasteiger partial charge in [0.25, 0.3) is 0 Å². The van der Waals surface area contributed by atoms with E-state index in [4.69, 9.17) is 4.74 Å². The van der Waals surface area contributed by atoms with Gasteiger partial charge in [0.1, 0.15) is 11.5 Å². The van der Waals surface area contributed by atoms with E-state index in [0.29, 0.717) is 12.4 Å². The molecule has 0 fully saturated rings. The van der Waals surface area contributed by atoms with E-state index < -0.39 is 0 Å². The minimum absolute atomic E-state index is 0.306. The zero-order chi connectivity index (χ0) is 18.5. The molecule has 0 spiro atoms. The molecule has 0 aliphatic heterocycles. The summed E-state index contributed by atoms with van der Waals surface area (Å²) in [5, 5.41) is 13.8. The normalized spacial score (nSPS) is 10.4. The van der Waals surface area contributed by atoms with Gasteiger partial charge in [0.05, 0.1) is 6.61 Å². The zero-order valence-electron chi connectivity index (χ0n) is 14.2. The summed E-state index contributed by atoms with van der Waals surface area (Å²) in [5.41, 5.74) is 0. The lowest BCUT2D eigenvalue weighted by atomic mass is 10.1. The first-order chi connectivity index (χ1) is 12.5. The van der Waals surface area contributed by atoms with E-state index in [1.165, 1.54) is 10.8 Å². The largest absolute Gasteiger partial charge is 0.508 e. The topological polar surface area (TPSA) is 29.5 Å². The third-order valence-corrected chi connectivity index (χ3v) is 4.86. The minimum Gasteiger partial charge on any atom is -0.508 e. The number of rotatable bonds is 2. The molecule has 0 saturated heterocycles. The van der Waals surface area contributed by atoms with Gasteiger partial charge >= 0.3 is 0 Å². The maximum atomic E-state index is 9.21. The van der Waals surface area contributed by atoms with Gasteiger partial charge in [0, 0.05) is 8.95 Å². The molecule has 26 heavy (non-hydrogen) atoms. The average Bonchev–Trinajstić information content (AvgIpc) is 2.62. The van der Waals surface area contributed by atoms with E-state index in [1.807, 2.05) is 43.3 Å². The van der Waals surface area contributed by atoms with Crippen molar-refractivity contribution in [1.29, 1.82) is 0 Å². The highest BCUT2D eigenvalue weighted by Crippen LogP contribution is 2.24. The van der Waals surface area contributed by atoms with Crippen molar-refractivity contribution in [3.63, 3.8) is 0 Å². The number of fused-ring (bicyclic) bond motifs is 2. The molecular formula is C22H18Br2O2. The average molecular weight is 474 g/mol. The lowest BCUT2D eigenvalue weighted by Gasteiger charge is -2.04. The highest BCUT2D eigenvalue weighted by Gasteiger charge is 1.97. The molecule has 0 bridgehead atoms. The van der Waals surface area contributed by atoms with Crippen LogP contribution in [0.15, 0.2) is 81.7 Å². The first-order valence-electron chi connectivity index (χ1n) is 8.25. The van der Waals surface area contributed by atoms with Gasteiger partial charge in [0.2, 0.25) is 0 Å². The number of hydrogen-bond acceptors (Lipinski definition) is 2. The zero-order valence-corrected chi connectivity index (χ0v) is 17.4. The quantitative estimate of drug-likeness (QED) is 0.330.